The van der Waals surface area contributed by atoms with Gasteiger partial charge in [-0.2, -0.15) is 0 Å². The summed E-state index contributed by atoms with van der Waals surface area (Å²) in [5.41, 5.74) is 0. The molecule has 7 heteroatoms. The molecule has 0 aromatic carbocycles. The fourth-order valence-electron chi connectivity index (χ4n) is 1.20. The minimum absolute atomic E-state index is 0.0853. The molecule has 0 saturated heterocycles. The lowest BCUT2D eigenvalue weighted by atomic mass is 10.2. The Balaban J connectivity index is 2.28. The number of carboxylic acid groups (broad SMARTS) is 1. The molecule has 0 aliphatic rings. The zero-order valence-electron chi connectivity index (χ0n) is 9.20. The summed E-state index contributed by atoms with van der Waals surface area (Å²) in [6, 6.07) is 1.18. The van der Waals surface area contributed by atoms with Crippen molar-refractivity contribution in [1.29, 1.82) is 0 Å². The predicted octanol–water partition coefficient (Wildman–Crippen LogP) is 2.17. The van der Waals surface area contributed by atoms with Crippen LogP contribution in [-0.2, 0) is 11.3 Å². The predicted molar refractivity (Wildman–Crippen MR) is 69.1 cm³/mol. The van der Waals surface area contributed by atoms with Crippen molar-refractivity contribution in [2.45, 2.75) is 25.9 Å². The molecule has 0 fully saturated rings. The van der Waals surface area contributed by atoms with Gasteiger partial charge in [-0.25, -0.2) is 4.79 Å². The fraction of sp³-hybridized carbons (Fsp3) is 0.400. The lowest BCUT2D eigenvalue weighted by Gasteiger charge is -2.12. The molecule has 0 radical (unpaired) electrons. The molecule has 1 rings (SSSR count). The molecule has 94 valence electrons. The van der Waals surface area contributed by atoms with Gasteiger partial charge in [0.15, 0.2) is 0 Å². The Morgan fingerprint density at radius 1 is 1.59 bits per heavy atom. The molecule has 17 heavy (non-hydrogen) atoms. The van der Waals surface area contributed by atoms with Crippen LogP contribution in [0.5, 0.6) is 0 Å². The maximum absolute atomic E-state index is 11.4. The molecule has 0 aliphatic carbocycles. The van der Waals surface area contributed by atoms with Crippen molar-refractivity contribution >= 4 is 39.3 Å². The third-order valence-corrected chi connectivity index (χ3v) is 3.60. The van der Waals surface area contributed by atoms with E-state index in [1.54, 1.807) is 6.92 Å². The minimum Gasteiger partial charge on any atom is -0.481 e. The van der Waals surface area contributed by atoms with E-state index in [4.69, 9.17) is 5.11 Å². The summed E-state index contributed by atoms with van der Waals surface area (Å²) < 4.78 is 0.985. The molecule has 0 bridgehead atoms. The summed E-state index contributed by atoms with van der Waals surface area (Å²) in [5, 5.41) is 15.7. The fourth-order valence-corrected chi connectivity index (χ4v) is 2.59. The quantitative estimate of drug-likeness (QED) is 0.778. The number of amides is 2. The van der Waals surface area contributed by atoms with Crippen LogP contribution < -0.4 is 10.6 Å². The number of hydrogen-bond donors (Lipinski definition) is 3. The summed E-state index contributed by atoms with van der Waals surface area (Å²) in [6.45, 7) is 2.08. The maximum atomic E-state index is 11.4. The van der Waals surface area contributed by atoms with Crippen molar-refractivity contribution < 1.29 is 14.7 Å². The van der Waals surface area contributed by atoms with Crippen molar-refractivity contribution in [3.63, 3.8) is 0 Å². The van der Waals surface area contributed by atoms with E-state index in [0.29, 0.717) is 6.54 Å². The largest absolute Gasteiger partial charge is 0.481 e. The molecule has 1 aromatic heterocycles. The lowest BCUT2D eigenvalue weighted by molar-refractivity contribution is -0.137. The van der Waals surface area contributed by atoms with Gasteiger partial charge >= 0.3 is 12.0 Å². The second-order valence-corrected chi connectivity index (χ2v) is 5.47. The van der Waals surface area contributed by atoms with Gasteiger partial charge in [-0.15, -0.1) is 11.3 Å². The number of nitrogens with one attached hydrogen (secondary N) is 2. The molecule has 1 aromatic rings. The number of urea groups is 1. The van der Waals surface area contributed by atoms with E-state index in [2.05, 4.69) is 26.6 Å². The molecule has 3 N–H and O–H groups in total. The van der Waals surface area contributed by atoms with E-state index in [1.165, 1.54) is 11.3 Å². The highest BCUT2D eigenvalue weighted by Gasteiger charge is 2.10. The monoisotopic (exact) mass is 320 g/mol. The van der Waals surface area contributed by atoms with Gasteiger partial charge in [0.1, 0.15) is 0 Å². The number of carboxylic acids is 1. The second-order valence-electron chi connectivity index (χ2n) is 3.56. The first-order chi connectivity index (χ1) is 7.97. The molecule has 1 heterocycles. The van der Waals surface area contributed by atoms with Gasteiger partial charge in [0.2, 0.25) is 0 Å². The van der Waals surface area contributed by atoms with Gasteiger partial charge in [0, 0.05) is 20.8 Å². The smallest absolute Gasteiger partial charge is 0.315 e. The van der Waals surface area contributed by atoms with Gasteiger partial charge in [-0.05, 0) is 28.9 Å². The standard InChI is InChI=1S/C10H13BrN2O3S/c1-6(2-9(14)15)13-10(16)12-4-8-3-7(11)5-17-8/h3,5-6H,2,4H2,1H3,(H,14,15)(H2,12,13,16). The van der Waals surface area contributed by atoms with Crippen LogP contribution in [0.2, 0.25) is 0 Å². The van der Waals surface area contributed by atoms with Crippen LogP contribution in [0.3, 0.4) is 0 Å². The highest BCUT2D eigenvalue weighted by Crippen LogP contribution is 2.19. The van der Waals surface area contributed by atoms with Gasteiger partial charge in [-0.3, -0.25) is 4.79 Å². The number of carbonyl (C=O) groups is 2. The molecule has 0 aliphatic heterocycles. The number of aliphatic carboxylic acids is 1. The average molecular weight is 321 g/mol. The number of hydrogen-bond acceptors (Lipinski definition) is 3. The van der Waals surface area contributed by atoms with Crippen LogP contribution in [0.15, 0.2) is 15.9 Å². The van der Waals surface area contributed by atoms with Crippen LogP contribution >= 0.6 is 27.3 Å². The second kappa shape index (κ2) is 6.61. The molecule has 1 atom stereocenters. The number of rotatable bonds is 5. The first-order valence-electron chi connectivity index (χ1n) is 4.96. The molecule has 0 spiro atoms. The third-order valence-electron chi connectivity index (χ3n) is 1.90. The zero-order valence-corrected chi connectivity index (χ0v) is 11.6. The van der Waals surface area contributed by atoms with Gasteiger partial charge in [0.05, 0.1) is 13.0 Å². The number of thiophene rings is 1. The number of carbonyl (C=O) groups excluding carboxylic acids is 1. The van der Waals surface area contributed by atoms with E-state index in [-0.39, 0.29) is 18.5 Å². The Kier molecular flexibility index (Phi) is 5.43. The maximum Gasteiger partial charge on any atom is 0.315 e. The Labute approximate surface area is 111 Å². The minimum atomic E-state index is -0.931. The van der Waals surface area contributed by atoms with Gasteiger partial charge in [0.25, 0.3) is 0 Å². The molecule has 5 nitrogen and oxygen atoms in total. The van der Waals surface area contributed by atoms with Crippen molar-refractivity contribution in [2.24, 2.45) is 0 Å². The first kappa shape index (κ1) is 14.0. The summed E-state index contributed by atoms with van der Waals surface area (Å²) in [6.07, 6.45) is -0.0853. The van der Waals surface area contributed by atoms with E-state index >= 15 is 0 Å². The summed E-state index contributed by atoms with van der Waals surface area (Å²) in [5.74, 6) is -0.931. The van der Waals surface area contributed by atoms with Crippen molar-refractivity contribution in [3.05, 3.63) is 20.8 Å². The van der Waals surface area contributed by atoms with Crippen molar-refractivity contribution in [3.8, 4) is 0 Å². The average Bonchev–Trinajstić information content (AvgIpc) is 2.59. The highest BCUT2D eigenvalue weighted by atomic mass is 79.9. The Hall–Kier alpha value is -1.08. The summed E-state index contributed by atoms with van der Waals surface area (Å²) >= 11 is 4.86. The summed E-state index contributed by atoms with van der Waals surface area (Å²) in [7, 11) is 0. The Morgan fingerprint density at radius 2 is 2.29 bits per heavy atom. The Bertz CT molecular complexity index is 408. The highest BCUT2D eigenvalue weighted by molar-refractivity contribution is 9.10. The molecular formula is C10H13BrN2O3S. The molecular weight excluding hydrogens is 308 g/mol. The first-order valence-corrected chi connectivity index (χ1v) is 6.63. The molecule has 0 saturated carbocycles. The van der Waals surface area contributed by atoms with E-state index in [9.17, 15) is 9.59 Å². The topological polar surface area (TPSA) is 78.4 Å². The Morgan fingerprint density at radius 3 is 2.82 bits per heavy atom. The van der Waals surface area contributed by atoms with E-state index < -0.39 is 5.97 Å². The zero-order chi connectivity index (χ0) is 12.8. The molecule has 2 amide bonds. The van der Waals surface area contributed by atoms with Crippen LogP contribution in [0.25, 0.3) is 0 Å². The van der Waals surface area contributed by atoms with Crippen LogP contribution in [0.1, 0.15) is 18.2 Å². The van der Waals surface area contributed by atoms with Gasteiger partial charge < -0.3 is 15.7 Å². The molecule has 1 unspecified atom stereocenters. The third kappa shape index (κ3) is 5.69. The lowest BCUT2D eigenvalue weighted by Crippen LogP contribution is -2.41. The van der Waals surface area contributed by atoms with E-state index in [1.807, 2.05) is 11.4 Å². The van der Waals surface area contributed by atoms with Crippen LogP contribution in [0, 0.1) is 0 Å². The number of halogens is 1. The van der Waals surface area contributed by atoms with E-state index in [0.717, 1.165) is 9.35 Å². The van der Waals surface area contributed by atoms with Gasteiger partial charge in [-0.1, -0.05) is 0 Å². The SMILES string of the molecule is CC(CC(=O)O)NC(=O)NCc1cc(Br)cs1. The van der Waals surface area contributed by atoms with Crippen LogP contribution in [0.4, 0.5) is 4.79 Å². The summed E-state index contributed by atoms with van der Waals surface area (Å²) in [4.78, 5) is 22.8. The van der Waals surface area contributed by atoms with Crippen LogP contribution in [-0.4, -0.2) is 23.1 Å². The van der Waals surface area contributed by atoms with Crippen molar-refractivity contribution in [1.82, 2.24) is 10.6 Å². The normalized spacial score (nSPS) is 11.9. The van der Waals surface area contributed by atoms with Crippen molar-refractivity contribution in [2.75, 3.05) is 0 Å².